The van der Waals surface area contributed by atoms with Gasteiger partial charge in [0, 0.05) is 13.0 Å². The smallest absolute Gasteiger partial charge is 0.306 e. The number of hydrogen-bond donors (Lipinski definition) is 7. The van der Waals surface area contributed by atoms with E-state index in [1.165, 1.54) is 212 Å². The lowest BCUT2D eigenvalue weighted by Crippen LogP contribution is -2.61. The highest BCUT2D eigenvalue weighted by Gasteiger charge is 2.47. The molecule has 2 aliphatic rings. The van der Waals surface area contributed by atoms with Gasteiger partial charge in [0.15, 0.2) is 12.6 Å². The van der Waals surface area contributed by atoms with Gasteiger partial charge in [-0.1, -0.05) is 243 Å². The molecule has 0 bridgehead atoms. The van der Waals surface area contributed by atoms with Crippen LogP contribution >= 0.6 is 0 Å². The van der Waals surface area contributed by atoms with Crippen molar-refractivity contribution in [1.82, 2.24) is 0 Å². The number of ether oxygens (including phenoxy) is 6. The van der Waals surface area contributed by atoms with Crippen LogP contribution in [0.4, 0.5) is 0 Å². The fraction of sp³-hybridized carbons (Fsp3) is 0.896. The summed E-state index contributed by atoms with van der Waals surface area (Å²) in [5.74, 6) is -0.372. The summed E-state index contributed by atoms with van der Waals surface area (Å²) in [6.07, 6.45) is 49.2. The maximum Gasteiger partial charge on any atom is 0.306 e. The summed E-state index contributed by atoms with van der Waals surface area (Å²) in [6.45, 7) is 3.73. The van der Waals surface area contributed by atoms with Crippen LogP contribution in [-0.2, 0) is 33.2 Å². The number of aliphatic hydroxyl groups is 7. The standard InChI is InChI=1S/C67H124O14/c1-3-5-7-9-11-13-15-17-19-21-23-25-27-28-29-30-32-34-36-38-40-42-44-46-48-50-59(69)79-56(53-76-51-49-47-45-43-41-39-37-35-33-31-26-24-22-20-18-16-14-12-10-8-6-4-2)54-77-66-65(75)63(73)61(71)58(81-66)55-78-67-64(74)62(72)60(70)57(52-68)80-67/h15,17,21-24,56-58,60-68,70-75H,3-14,16,18-20,25-55H2,1-2H3/b17-15-,23-21-,24-22-. The molecule has 0 spiro atoms. The third-order valence-corrected chi connectivity index (χ3v) is 16.1. The topological polar surface area (TPSA) is 214 Å². The van der Waals surface area contributed by atoms with Crippen molar-refractivity contribution in [2.24, 2.45) is 0 Å². The molecule has 0 aromatic carbocycles. The molecule has 0 amide bonds. The van der Waals surface area contributed by atoms with E-state index in [1.807, 2.05) is 0 Å². The molecule has 0 aromatic rings. The van der Waals surface area contributed by atoms with E-state index in [9.17, 15) is 40.5 Å². The van der Waals surface area contributed by atoms with Gasteiger partial charge >= 0.3 is 5.97 Å². The minimum Gasteiger partial charge on any atom is -0.457 e. The zero-order chi connectivity index (χ0) is 58.6. The van der Waals surface area contributed by atoms with Gasteiger partial charge in [-0.15, -0.1) is 0 Å². The monoisotopic (exact) mass is 1150 g/mol. The van der Waals surface area contributed by atoms with Crippen molar-refractivity contribution in [2.75, 3.05) is 33.0 Å². The summed E-state index contributed by atoms with van der Waals surface area (Å²) in [6, 6.07) is 0. The maximum absolute atomic E-state index is 13.1. The van der Waals surface area contributed by atoms with Gasteiger partial charge in [0.1, 0.15) is 54.9 Å². The first-order valence-corrected chi connectivity index (χ1v) is 33.6. The Kier molecular flexibility index (Phi) is 49.9. The van der Waals surface area contributed by atoms with E-state index in [0.717, 1.165) is 44.9 Å². The Balaban J connectivity index is 1.65. The minimum atomic E-state index is -1.71. The number of esters is 1. The van der Waals surface area contributed by atoms with Crippen molar-refractivity contribution in [3.8, 4) is 0 Å². The third-order valence-electron chi connectivity index (χ3n) is 16.1. The molecule has 0 aromatic heterocycles. The van der Waals surface area contributed by atoms with E-state index in [-0.39, 0.29) is 25.6 Å². The molecule has 11 atom stereocenters. The summed E-state index contributed by atoms with van der Waals surface area (Å²) >= 11 is 0. The normalized spacial score (nSPS) is 23.9. The van der Waals surface area contributed by atoms with Crippen molar-refractivity contribution in [1.29, 1.82) is 0 Å². The number of unbranched alkanes of at least 4 members (excludes halogenated alkanes) is 36. The number of carbonyl (C=O) groups is 1. The first kappa shape index (κ1) is 75.3. The maximum atomic E-state index is 13.1. The van der Waals surface area contributed by atoms with Crippen LogP contribution in [0.15, 0.2) is 36.5 Å². The molecule has 14 nitrogen and oxygen atoms in total. The summed E-state index contributed by atoms with van der Waals surface area (Å²) in [7, 11) is 0. The summed E-state index contributed by atoms with van der Waals surface area (Å²) < 4.78 is 34.5. The molecule has 2 fully saturated rings. The summed E-state index contributed by atoms with van der Waals surface area (Å²) in [4.78, 5) is 13.1. The van der Waals surface area contributed by atoms with Gasteiger partial charge in [-0.3, -0.25) is 4.79 Å². The molecule has 2 heterocycles. The van der Waals surface area contributed by atoms with Crippen LogP contribution in [0.5, 0.6) is 0 Å². The quantitative estimate of drug-likeness (QED) is 0.0171. The Bertz CT molecular complexity index is 1480. The molecule has 0 saturated carbocycles. The second-order valence-electron chi connectivity index (χ2n) is 23.6. The SMILES string of the molecule is CCCCCCC/C=C\C/C=C\CCCCCCCCCCCCCCCC(=O)OC(COCCCCCCCCCCCC/C=C\CCCCCCCCCC)COC1OC(COC2OC(CO)C(O)C(O)C2O)C(O)C(O)C1O. The van der Waals surface area contributed by atoms with Crippen molar-refractivity contribution < 1.29 is 69.0 Å². The highest BCUT2D eigenvalue weighted by molar-refractivity contribution is 5.69. The third kappa shape index (κ3) is 39.5. The van der Waals surface area contributed by atoms with Crippen LogP contribution in [0.25, 0.3) is 0 Å². The number of allylic oxidation sites excluding steroid dienone is 6. The molecular weight excluding hydrogens is 1030 g/mol. The van der Waals surface area contributed by atoms with Crippen molar-refractivity contribution in [2.45, 2.75) is 351 Å². The Labute approximate surface area is 493 Å². The molecule has 2 saturated heterocycles. The summed E-state index contributed by atoms with van der Waals surface area (Å²) in [5.41, 5.74) is 0. The van der Waals surface area contributed by atoms with Crippen molar-refractivity contribution in [3.63, 3.8) is 0 Å². The van der Waals surface area contributed by atoms with E-state index in [1.54, 1.807) is 0 Å². The zero-order valence-electron chi connectivity index (χ0n) is 51.5. The fourth-order valence-electron chi connectivity index (χ4n) is 10.7. The first-order chi connectivity index (χ1) is 39.6. The lowest BCUT2D eigenvalue weighted by molar-refractivity contribution is -0.332. The Morgan fingerprint density at radius 3 is 1.20 bits per heavy atom. The number of hydrogen-bond acceptors (Lipinski definition) is 14. The van der Waals surface area contributed by atoms with Gasteiger partial charge in [-0.2, -0.15) is 0 Å². The molecule has 11 unspecified atom stereocenters. The number of aliphatic hydroxyl groups excluding tert-OH is 7. The average Bonchev–Trinajstić information content (AvgIpc) is 3.46. The van der Waals surface area contributed by atoms with E-state index >= 15 is 0 Å². The largest absolute Gasteiger partial charge is 0.457 e. The van der Waals surface area contributed by atoms with Crippen molar-refractivity contribution in [3.05, 3.63) is 36.5 Å². The predicted octanol–water partition coefficient (Wildman–Crippen LogP) is 13.6. The highest BCUT2D eigenvalue weighted by Crippen LogP contribution is 2.27. The van der Waals surface area contributed by atoms with Gasteiger partial charge in [-0.25, -0.2) is 0 Å². The van der Waals surface area contributed by atoms with Crippen LogP contribution in [0.3, 0.4) is 0 Å². The molecule has 14 heteroatoms. The van der Waals surface area contributed by atoms with Gasteiger partial charge in [0.25, 0.3) is 0 Å². The average molecular weight is 1150 g/mol. The molecule has 0 aliphatic carbocycles. The van der Waals surface area contributed by atoms with Crippen LogP contribution < -0.4 is 0 Å². The molecule has 7 N–H and O–H groups in total. The van der Waals surface area contributed by atoms with Crippen LogP contribution in [0, 0.1) is 0 Å². The Morgan fingerprint density at radius 2 is 0.765 bits per heavy atom. The van der Waals surface area contributed by atoms with Crippen LogP contribution in [-0.4, -0.2) is 142 Å². The molecule has 0 radical (unpaired) electrons. The van der Waals surface area contributed by atoms with E-state index in [0.29, 0.717) is 13.0 Å². The van der Waals surface area contributed by atoms with Gasteiger partial charge < -0.3 is 64.2 Å². The second kappa shape index (κ2) is 53.7. The molecular formula is C67H124O14. The van der Waals surface area contributed by atoms with Crippen LogP contribution in [0.2, 0.25) is 0 Å². The number of carbonyl (C=O) groups excluding carboxylic acids is 1. The highest BCUT2D eigenvalue weighted by atomic mass is 16.7. The Hall–Kier alpha value is -1.79. The predicted molar refractivity (Wildman–Crippen MR) is 326 cm³/mol. The first-order valence-electron chi connectivity index (χ1n) is 33.6. The second-order valence-corrected chi connectivity index (χ2v) is 23.6. The summed E-state index contributed by atoms with van der Waals surface area (Å²) in [5, 5.41) is 72.6. The lowest BCUT2D eigenvalue weighted by Gasteiger charge is -2.42. The lowest BCUT2D eigenvalue weighted by atomic mass is 9.98. The molecule has 476 valence electrons. The van der Waals surface area contributed by atoms with Crippen molar-refractivity contribution >= 4 is 5.97 Å². The van der Waals surface area contributed by atoms with Gasteiger partial charge in [0.2, 0.25) is 0 Å². The van der Waals surface area contributed by atoms with Crippen LogP contribution in [0.1, 0.15) is 284 Å². The van der Waals surface area contributed by atoms with Gasteiger partial charge in [-0.05, 0) is 70.6 Å². The van der Waals surface area contributed by atoms with Gasteiger partial charge in [0.05, 0.1) is 26.4 Å². The molecule has 2 aliphatic heterocycles. The van der Waals surface area contributed by atoms with E-state index < -0.39 is 80.7 Å². The van der Waals surface area contributed by atoms with E-state index in [2.05, 4.69) is 50.3 Å². The Morgan fingerprint density at radius 1 is 0.407 bits per heavy atom. The zero-order valence-corrected chi connectivity index (χ0v) is 51.5. The number of rotatable bonds is 56. The van der Waals surface area contributed by atoms with E-state index in [4.69, 9.17) is 28.4 Å². The molecule has 2 rings (SSSR count). The molecule has 81 heavy (non-hydrogen) atoms. The minimum absolute atomic E-state index is 0.0632. The fourth-order valence-corrected chi connectivity index (χ4v) is 10.7.